The van der Waals surface area contributed by atoms with Gasteiger partial charge in [-0.05, 0) is 48.7 Å². The van der Waals surface area contributed by atoms with Crippen LogP contribution < -0.4 is 5.32 Å². The molecular formula is C15H19N3. The highest BCUT2D eigenvalue weighted by molar-refractivity contribution is 5.19. The molecule has 2 aromatic heterocycles. The number of aromatic nitrogens is 2. The highest BCUT2D eigenvalue weighted by Gasteiger charge is 2.00. The lowest BCUT2D eigenvalue weighted by molar-refractivity contribution is 0.669. The fraction of sp³-hybridized carbons (Fsp3) is 0.333. The number of nitrogens with zero attached hydrogens (tertiary/aromatic N) is 2. The molecule has 0 fully saturated rings. The zero-order valence-corrected chi connectivity index (χ0v) is 10.8. The summed E-state index contributed by atoms with van der Waals surface area (Å²) in [5, 5.41) is 3.44. The van der Waals surface area contributed by atoms with Crippen molar-refractivity contribution in [3.8, 4) is 0 Å². The average molecular weight is 241 g/mol. The number of hydrogen-bond donors (Lipinski definition) is 1. The van der Waals surface area contributed by atoms with E-state index in [9.17, 15) is 0 Å². The summed E-state index contributed by atoms with van der Waals surface area (Å²) >= 11 is 0. The molecule has 18 heavy (non-hydrogen) atoms. The Labute approximate surface area is 108 Å². The normalized spacial score (nSPS) is 10.5. The highest BCUT2D eigenvalue weighted by atomic mass is 14.9. The molecule has 0 aromatic carbocycles. The molecule has 0 amide bonds. The van der Waals surface area contributed by atoms with Crippen molar-refractivity contribution < 1.29 is 0 Å². The van der Waals surface area contributed by atoms with Crippen LogP contribution in [0.15, 0.2) is 42.9 Å². The van der Waals surface area contributed by atoms with Crippen molar-refractivity contribution in [1.29, 1.82) is 0 Å². The van der Waals surface area contributed by atoms with Crippen LogP contribution >= 0.6 is 0 Å². The smallest absolute Gasteiger partial charge is 0.0573 e. The lowest BCUT2D eigenvalue weighted by atomic mass is 10.1. The monoisotopic (exact) mass is 241 g/mol. The summed E-state index contributed by atoms with van der Waals surface area (Å²) in [4.78, 5) is 8.44. The van der Waals surface area contributed by atoms with Crippen molar-refractivity contribution in [2.75, 3.05) is 6.54 Å². The molecule has 0 saturated carbocycles. The van der Waals surface area contributed by atoms with Crippen LogP contribution in [-0.4, -0.2) is 16.5 Å². The Morgan fingerprint density at radius 3 is 2.72 bits per heavy atom. The molecular weight excluding hydrogens is 222 g/mol. The van der Waals surface area contributed by atoms with Crippen LogP contribution in [0.25, 0.3) is 0 Å². The Morgan fingerprint density at radius 2 is 1.94 bits per heavy atom. The van der Waals surface area contributed by atoms with Gasteiger partial charge in [0.25, 0.3) is 0 Å². The minimum Gasteiger partial charge on any atom is -0.311 e. The van der Waals surface area contributed by atoms with Gasteiger partial charge in [0, 0.05) is 25.1 Å². The lowest BCUT2D eigenvalue weighted by Crippen LogP contribution is -2.18. The first-order chi connectivity index (χ1) is 8.90. The van der Waals surface area contributed by atoms with Crippen LogP contribution in [0.1, 0.15) is 23.7 Å². The van der Waals surface area contributed by atoms with E-state index in [0.717, 1.165) is 31.6 Å². The molecule has 1 N–H and O–H groups in total. The van der Waals surface area contributed by atoms with Crippen molar-refractivity contribution in [1.82, 2.24) is 15.3 Å². The number of pyridine rings is 2. The number of nitrogens with one attached hydrogen (secondary N) is 1. The van der Waals surface area contributed by atoms with Crippen LogP contribution in [0.5, 0.6) is 0 Å². The molecule has 0 radical (unpaired) electrons. The summed E-state index contributed by atoms with van der Waals surface area (Å²) in [6.45, 7) is 3.97. The van der Waals surface area contributed by atoms with E-state index >= 15 is 0 Å². The Balaban J connectivity index is 1.78. The second kappa shape index (κ2) is 6.87. The lowest BCUT2D eigenvalue weighted by Gasteiger charge is -2.08. The SMILES string of the molecule is CCc1cccnc1CNCCc1ccncc1. The third-order valence-corrected chi connectivity index (χ3v) is 3.00. The topological polar surface area (TPSA) is 37.8 Å². The van der Waals surface area contributed by atoms with Crippen molar-refractivity contribution in [2.24, 2.45) is 0 Å². The molecule has 3 nitrogen and oxygen atoms in total. The molecule has 94 valence electrons. The van der Waals surface area contributed by atoms with Gasteiger partial charge in [0.1, 0.15) is 0 Å². The highest BCUT2D eigenvalue weighted by Crippen LogP contribution is 2.05. The summed E-state index contributed by atoms with van der Waals surface area (Å²) in [6.07, 6.45) is 7.59. The number of hydrogen-bond acceptors (Lipinski definition) is 3. The molecule has 0 unspecified atom stereocenters. The van der Waals surface area contributed by atoms with E-state index in [0.29, 0.717) is 0 Å². The van der Waals surface area contributed by atoms with Gasteiger partial charge in [-0.2, -0.15) is 0 Å². The average Bonchev–Trinajstić information content (AvgIpc) is 2.45. The minimum atomic E-state index is 0.842. The zero-order valence-electron chi connectivity index (χ0n) is 10.8. The Kier molecular flexibility index (Phi) is 4.85. The van der Waals surface area contributed by atoms with Gasteiger partial charge in [0.05, 0.1) is 5.69 Å². The van der Waals surface area contributed by atoms with Gasteiger partial charge in [0.2, 0.25) is 0 Å². The molecule has 3 heteroatoms. The van der Waals surface area contributed by atoms with Crippen molar-refractivity contribution in [2.45, 2.75) is 26.3 Å². The summed E-state index contributed by atoms with van der Waals surface area (Å²) in [6, 6.07) is 8.26. The van der Waals surface area contributed by atoms with E-state index in [-0.39, 0.29) is 0 Å². The third kappa shape index (κ3) is 3.64. The summed E-state index contributed by atoms with van der Waals surface area (Å²) in [7, 11) is 0. The Hall–Kier alpha value is -1.74. The van der Waals surface area contributed by atoms with Crippen molar-refractivity contribution in [3.05, 3.63) is 59.7 Å². The van der Waals surface area contributed by atoms with Gasteiger partial charge in [-0.1, -0.05) is 13.0 Å². The van der Waals surface area contributed by atoms with Crippen molar-refractivity contribution >= 4 is 0 Å². The Morgan fingerprint density at radius 1 is 1.11 bits per heavy atom. The second-order valence-electron chi connectivity index (χ2n) is 4.25. The van der Waals surface area contributed by atoms with Crippen LogP contribution in [-0.2, 0) is 19.4 Å². The van der Waals surface area contributed by atoms with E-state index in [1.54, 1.807) is 0 Å². The first-order valence-electron chi connectivity index (χ1n) is 6.42. The molecule has 2 heterocycles. The fourth-order valence-electron chi connectivity index (χ4n) is 1.94. The molecule has 0 spiro atoms. The predicted molar refractivity (Wildman–Crippen MR) is 73.3 cm³/mol. The van der Waals surface area contributed by atoms with Gasteiger partial charge in [-0.3, -0.25) is 9.97 Å². The maximum absolute atomic E-state index is 4.42. The predicted octanol–water partition coefficient (Wildman–Crippen LogP) is 2.37. The van der Waals surface area contributed by atoms with Gasteiger partial charge >= 0.3 is 0 Å². The Bertz CT molecular complexity index is 468. The van der Waals surface area contributed by atoms with Crippen LogP contribution in [0.2, 0.25) is 0 Å². The van der Waals surface area contributed by atoms with Gasteiger partial charge in [-0.25, -0.2) is 0 Å². The quantitative estimate of drug-likeness (QED) is 0.789. The molecule has 0 aliphatic carbocycles. The summed E-state index contributed by atoms with van der Waals surface area (Å²) < 4.78 is 0. The van der Waals surface area contributed by atoms with Gasteiger partial charge in [-0.15, -0.1) is 0 Å². The maximum Gasteiger partial charge on any atom is 0.0573 e. The molecule has 0 saturated heterocycles. The summed E-state index contributed by atoms with van der Waals surface area (Å²) in [5.41, 5.74) is 3.80. The molecule has 2 rings (SSSR count). The number of rotatable bonds is 6. The van der Waals surface area contributed by atoms with Crippen LogP contribution in [0, 0.1) is 0 Å². The molecule has 0 aliphatic heterocycles. The van der Waals surface area contributed by atoms with Crippen LogP contribution in [0.3, 0.4) is 0 Å². The minimum absolute atomic E-state index is 0.842. The van der Waals surface area contributed by atoms with E-state index < -0.39 is 0 Å². The van der Waals surface area contributed by atoms with Crippen molar-refractivity contribution in [3.63, 3.8) is 0 Å². The molecule has 0 aliphatic rings. The second-order valence-corrected chi connectivity index (χ2v) is 4.25. The number of aryl methyl sites for hydroxylation is 1. The molecule has 0 atom stereocenters. The van der Waals surface area contributed by atoms with Gasteiger partial charge < -0.3 is 5.32 Å². The first kappa shape index (κ1) is 12.7. The molecule has 2 aromatic rings. The fourth-order valence-corrected chi connectivity index (χ4v) is 1.94. The van der Waals surface area contributed by atoms with Gasteiger partial charge in [0.15, 0.2) is 0 Å². The van der Waals surface area contributed by atoms with E-state index in [1.165, 1.54) is 11.1 Å². The zero-order chi connectivity index (χ0) is 12.6. The van der Waals surface area contributed by atoms with Crippen LogP contribution in [0.4, 0.5) is 0 Å². The summed E-state index contributed by atoms with van der Waals surface area (Å²) in [5.74, 6) is 0. The third-order valence-electron chi connectivity index (χ3n) is 3.00. The standard InChI is InChI=1S/C15H19N3/c1-2-14-4-3-8-18-15(14)12-17-11-7-13-5-9-16-10-6-13/h3-6,8-10,17H,2,7,11-12H2,1H3. The maximum atomic E-state index is 4.42. The van der Waals surface area contributed by atoms with E-state index in [4.69, 9.17) is 0 Å². The largest absolute Gasteiger partial charge is 0.311 e. The first-order valence-corrected chi connectivity index (χ1v) is 6.42. The van der Waals surface area contributed by atoms with E-state index in [1.807, 2.05) is 24.7 Å². The molecule has 0 bridgehead atoms. The van der Waals surface area contributed by atoms with E-state index in [2.05, 4.69) is 40.4 Å².